The molecule has 5 nitrogen and oxygen atoms in total. The summed E-state index contributed by atoms with van der Waals surface area (Å²) >= 11 is 0. The standard InChI is InChI=1S/C13H18N4O/c1-2-5-16-13(18)11-4-3-8-17(10-11)12-9-14-6-7-15-12/h2,6-7,9,11H,1,3-5,8,10H2,(H,16,18). The van der Waals surface area contributed by atoms with E-state index in [-0.39, 0.29) is 11.8 Å². The fourth-order valence-electron chi connectivity index (χ4n) is 2.17. The van der Waals surface area contributed by atoms with Gasteiger partial charge < -0.3 is 10.2 Å². The largest absolute Gasteiger partial charge is 0.355 e. The van der Waals surface area contributed by atoms with Gasteiger partial charge in [-0.1, -0.05) is 6.08 Å². The molecule has 0 radical (unpaired) electrons. The van der Waals surface area contributed by atoms with Crippen molar-refractivity contribution in [3.63, 3.8) is 0 Å². The molecule has 0 aliphatic carbocycles. The smallest absolute Gasteiger partial charge is 0.225 e. The van der Waals surface area contributed by atoms with Gasteiger partial charge in [-0.2, -0.15) is 0 Å². The molecule has 1 aliphatic heterocycles. The van der Waals surface area contributed by atoms with E-state index in [4.69, 9.17) is 0 Å². The molecule has 1 atom stereocenters. The number of aromatic nitrogens is 2. The van der Waals surface area contributed by atoms with Crippen molar-refractivity contribution in [1.82, 2.24) is 15.3 Å². The lowest BCUT2D eigenvalue weighted by molar-refractivity contribution is -0.125. The second-order valence-electron chi connectivity index (χ2n) is 4.38. The van der Waals surface area contributed by atoms with Crippen LogP contribution in [0, 0.1) is 5.92 Å². The number of hydrogen-bond donors (Lipinski definition) is 1. The van der Waals surface area contributed by atoms with E-state index >= 15 is 0 Å². The lowest BCUT2D eigenvalue weighted by Crippen LogP contribution is -2.43. The van der Waals surface area contributed by atoms with E-state index in [1.54, 1.807) is 24.7 Å². The third kappa shape index (κ3) is 3.06. The number of carbonyl (C=O) groups is 1. The van der Waals surface area contributed by atoms with Gasteiger partial charge in [0.05, 0.1) is 12.1 Å². The molecule has 96 valence electrons. The van der Waals surface area contributed by atoms with Crippen molar-refractivity contribution in [2.45, 2.75) is 12.8 Å². The van der Waals surface area contributed by atoms with Gasteiger partial charge in [-0.15, -0.1) is 6.58 Å². The maximum absolute atomic E-state index is 11.9. The molecular formula is C13H18N4O. The van der Waals surface area contributed by atoms with Gasteiger partial charge in [0.15, 0.2) is 0 Å². The molecule has 1 saturated heterocycles. The van der Waals surface area contributed by atoms with Crippen LogP contribution >= 0.6 is 0 Å². The quantitative estimate of drug-likeness (QED) is 0.805. The average Bonchev–Trinajstić information content (AvgIpc) is 2.46. The predicted molar refractivity (Wildman–Crippen MR) is 70.2 cm³/mol. The van der Waals surface area contributed by atoms with Crippen molar-refractivity contribution < 1.29 is 4.79 Å². The first kappa shape index (κ1) is 12.5. The minimum Gasteiger partial charge on any atom is -0.355 e. The Morgan fingerprint density at radius 1 is 1.61 bits per heavy atom. The van der Waals surface area contributed by atoms with Crippen LogP contribution in [0.1, 0.15) is 12.8 Å². The van der Waals surface area contributed by atoms with Gasteiger partial charge in [0.25, 0.3) is 0 Å². The molecule has 2 rings (SSSR count). The Kier molecular flexibility index (Phi) is 4.28. The monoisotopic (exact) mass is 246 g/mol. The van der Waals surface area contributed by atoms with Crippen molar-refractivity contribution in [1.29, 1.82) is 0 Å². The Balaban J connectivity index is 1.96. The van der Waals surface area contributed by atoms with E-state index in [2.05, 4.69) is 26.8 Å². The first-order valence-electron chi connectivity index (χ1n) is 6.21. The maximum Gasteiger partial charge on any atom is 0.225 e. The molecule has 1 unspecified atom stereocenters. The minimum atomic E-state index is 0.0284. The Morgan fingerprint density at radius 2 is 2.50 bits per heavy atom. The van der Waals surface area contributed by atoms with Crippen molar-refractivity contribution in [3.05, 3.63) is 31.2 Å². The van der Waals surface area contributed by atoms with E-state index in [1.165, 1.54) is 0 Å². The van der Waals surface area contributed by atoms with Crippen molar-refractivity contribution in [2.75, 3.05) is 24.5 Å². The van der Waals surface area contributed by atoms with Crippen LogP contribution in [0.3, 0.4) is 0 Å². The third-order valence-electron chi connectivity index (χ3n) is 3.09. The molecule has 5 heteroatoms. The summed E-state index contributed by atoms with van der Waals surface area (Å²) in [6, 6.07) is 0. The second-order valence-corrected chi connectivity index (χ2v) is 4.38. The normalized spacial score (nSPS) is 19.3. The van der Waals surface area contributed by atoms with Crippen molar-refractivity contribution in [3.8, 4) is 0 Å². The van der Waals surface area contributed by atoms with Crippen LogP contribution in [0.25, 0.3) is 0 Å². The van der Waals surface area contributed by atoms with Gasteiger partial charge in [0, 0.05) is 32.0 Å². The first-order valence-corrected chi connectivity index (χ1v) is 6.21. The van der Waals surface area contributed by atoms with Crippen LogP contribution in [-0.4, -0.2) is 35.5 Å². The van der Waals surface area contributed by atoms with Crippen LogP contribution in [0.15, 0.2) is 31.2 Å². The summed E-state index contributed by atoms with van der Waals surface area (Å²) in [5.74, 6) is 0.975. The fourth-order valence-corrected chi connectivity index (χ4v) is 2.17. The molecule has 1 aromatic heterocycles. The van der Waals surface area contributed by atoms with Gasteiger partial charge >= 0.3 is 0 Å². The second kappa shape index (κ2) is 6.14. The highest BCUT2D eigenvalue weighted by Crippen LogP contribution is 2.20. The zero-order valence-electron chi connectivity index (χ0n) is 10.4. The molecule has 1 aromatic rings. The number of nitrogens with one attached hydrogen (secondary N) is 1. The van der Waals surface area contributed by atoms with Gasteiger partial charge in [-0.3, -0.25) is 9.78 Å². The highest BCUT2D eigenvalue weighted by Gasteiger charge is 2.26. The average molecular weight is 246 g/mol. The van der Waals surface area contributed by atoms with Crippen LogP contribution in [-0.2, 0) is 4.79 Å². The van der Waals surface area contributed by atoms with E-state index in [0.717, 1.165) is 25.2 Å². The zero-order valence-corrected chi connectivity index (χ0v) is 10.4. The van der Waals surface area contributed by atoms with Crippen molar-refractivity contribution >= 4 is 11.7 Å². The van der Waals surface area contributed by atoms with Gasteiger partial charge in [0.1, 0.15) is 5.82 Å². The molecule has 0 saturated carbocycles. The van der Waals surface area contributed by atoms with E-state index in [9.17, 15) is 4.79 Å². The fraction of sp³-hybridized carbons (Fsp3) is 0.462. The molecule has 0 bridgehead atoms. The molecule has 1 N–H and O–H groups in total. The Labute approximate surface area is 107 Å². The van der Waals surface area contributed by atoms with Crippen LogP contribution in [0.2, 0.25) is 0 Å². The number of piperidine rings is 1. The molecule has 1 fully saturated rings. The highest BCUT2D eigenvalue weighted by molar-refractivity contribution is 5.79. The summed E-state index contributed by atoms with van der Waals surface area (Å²) in [6.07, 6.45) is 8.70. The molecule has 1 aliphatic rings. The Morgan fingerprint density at radius 3 is 3.22 bits per heavy atom. The number of anilines is 1. The first-order chi connectivity index (χ1) is 8.81. The molecule has 0 spiro atoms. The number of carbonyl (C=O) groups excluding carboxylic acids is 1. The summed E-state index contributed by atoms with van der Waals surface area (Å²) in [4.78, 5) is 22.4. The summed E-state index contributed by atoms with van der Waals surface area (Å²) in [5.41, 5.74) is 0. The molecular weight excluding hydrogens is 228 g/mol. The van der Waals surface area contributed by atoms with Crippen LogP contribution in [0.5, 0.6) is 0 Å². The van der Waals surface area contributed by atoms with E-state index in [1.807, 2.05) is 0 Å². The van der Waals surface area contributed by atoms with Gasteiger partial charge in [-0.05, 0) is 12.8 Å². The minimum absolute atomic E-state index is 0.0284. The Bertz CT molecular complexity index is 407. The molecule has 18 heavy (non-hydrogen) atoms. The summed E-state index contributed by atoms with van der Waals surface area (Å²) in [5, 5.41) is 2.85. The van der Waals surface area contributed by atoms with Crippen LogP contribution in [0.4, 0.5) is 5.82 Å². The van der Waals surface area contributed by atoms with E-state index < -0.39 is 0 Å². The Hall–Kier alpha value is -1.91. The topological polar surface area (TPSA) is 58.1 Å². The number of nitrogens with zero attached hydrogens (tertiary/aromatic N) is 3. The maximum atomic E-state index is 11.9. The SMILES string of the molecule is C=CCNC(=O)C1CCCN(c2cnccn2)C1. The van der Waals surface area contributed by atoms with Crippen molar-refractivity contribution in [2.24, 2.45) is 5.92 Å². The molecule has 1 amide bonds. The molecule has 2 heterocycles. The van der Waals surface area contributed by atoms with Crippen LogP contribution < -0.4 is 10.2 Å². The number of rotatable bonds is 4. The predicted octanol–water partition coefficient (Wildman–Crippen LogP) is 0.995. The zero-order chi connectivity index (χ0) is 12.8. The summed E-state index contributed by atoms with van der Waals surface area (Å²) < 4.78 is 0. The number of hydrogen-bond acceptors (Lipinski definition) is 4. The summed E-state index contributed by atoms with van der Waals surface area (Å²) in [7, 11) is 0. The highest BCUT2D eigenvalue weighted by atomic mass is 16.1. The number of amides is 1. The van der Waals surface area contributed by atoms with E-state index in [0.29, 0.717) is 13.1 Å². The summed E-state index contributed by atoms with van der Waals surface area (Å²) in [6.45, 7) is 5.77. The lowest BCUT2D eigenvalue weighted by atomic mass is 9.97. The lowest BCUT2D eigenvalue weighted by Gasteiger charge is -2.32. The third-order valence-corrected chi connectivity index (χ3v) is 3.09. The molecule has 0 aromatic carbocycles. The van der Waals surface area contributed by atoms with Gasteiger partial charge in [-0.25, -0.2) is 4.98 Å². The van der Waals surface area contributed by atoms with Gasteiger partial charge in [0.2, 0.25) is 5.91 Å².